The van der Waals surface area contributed by atoms with Gasteiger partial charge in [0.05, 0.1) is 12.2 Å². The van der Waals surface area contributed by atoms with E-state index in [9.17, 15) is 13.2 Å². The van der Waals surface area contributed by atoms with Crippen molar-refractivity contribution in [1.82, 2.24) is 9.62 Å². The van der Waals surface area contributed by atoms with Gasteiger partial charge in [-0.25, -0.2) is 12.7 Å². The Balaban J connectivity index is 1.66. The van der Waals surface area contributed by atoms with E-state index in [2.05, 4.69) is 26.1 Å². The molecule has 23 heavy (non-hydrogen) atoms. The molecule has 2 saturated carbocycles. The van der Waals surface area contributed by atoms with Gasteiger partial charge < -0.3 is 5.32 Å². The monoisotopic (exact) mass is 342 g/mol. The van der Waals surface area contributed by atoms with Crippen molar-refractivity contribution in [3.8, 4) is 0 Å². The van der Waals surface area contributed by atoms with E-state index in [1.165, 1.54) is 23.4 Å². The van der Waals surface area contributed by atoms with Gasteiger partial charge in [-0.3, -0.25) is 4.79 Å². The number of carbonyl (C=O) groups is 1. The number of sulfonamides is 1. The van der Waals surface area contributed by atoms with Gasteiger partial charge in [-0.05, 0) is 48.9 Å². The van der Waals surface area contributed by atoms with Gasteiger partial charge in [0, 0.05) is 19.1 Å². The van der Waals surface area contributed by atoms with Gasteiger partial charge in [0.15, 0.2) is 0 Å². The molecule has 0 spiro atoms. The lowest BCUT2D eigenvalue weighted by Crippen LogP contribution is -2.51. The first-order valence-corrected chi connectivity index (χ1v) is 10.7. The molecule has 0 aromatic rings. The SMILES string of the molecule is CC1(C)C2CCC1(C)C(NC(=O)C1CCCN(S(C)(=O)=O)C1)C2. The normalized spacial score (nSPS) is 40.3. The third-order valence-electron chi connectivity index (χ3n) is 7.33. The average molecular weight is 343 g/mol. The predicted molar refractivity (Wildman–Crippen MR) is 90.3 cm³/mol. The second-order valence-electron chi connectivity index (χ2n) is 8.63. The number of hydrogen-bond donors (Lipinski definition) is 1. The summed E-state index contributed by atoms with van der Waals surface area (Å²) in [4.78, 5) is 12.7. The standard InChI is InChI=1S/C17H30N2O3S/c1-16(2)13-7-8-17(16,3)14(10-13)18-15(20)12-6-5-9-19(11-12)23(4,21)22/h12-14H,5-11H2,1-4H3,(H,18,20). The molecule has 1 amide bonds. The number of nitrogens with zero attached hydrogens (tertiary/aromatic N) is 1. The second kappa shape index (κ2) is 5.45. The summed E-state index contributed by atoms with van der Waals surface area (Å²) in [5, 5.41) is 3.29. The zero-order valence-electron chi connectivity index (χ0n) is 14.8. The van der Waals surface area contributed by atoms with Crippen molar-refractivity contribution in [2.75, 3.05) is 19.3 Å². The van der Waals surface area contributed by atoms with Crippen LogP contribution in [-0.2, 0) is 14.8 Å². The van der Waals surface area contributed by atoms with Gasteiger partial charge >= 0.3 is 0 Å². The molecule has 4 atom stereocenters. The minimum Gasteiger partial charge on any atom is -0.353 e. The Bertz CT molecular complexity index is 601. The Morgan fingerprint density at radius 3 is 2.43 bits per heavy atom. The van der Waals surface area contributed by atoms with Crippen LogP contribution in [0.15, 0.2) is 0 Å². The Labute approximate surface area is 140 Å². The van der Waals surface area contributed by atoms with E-state index in [0.29, 0.717) is 19.0 Å². The molecule has 0 aromatic carbocycles. The Morgan fingerprint density at radius 2 is 1.91 bits per heavy atom. The van der Waals surface area contributed by atoms with Gasteiger partial charge in [-0.1, -0.05) is 20.8 Å². The van der Waals surface area contributed by atoms with Crippen molar-refractivity contribution in [2.24, 2.45) is 22.7 Å². The summed E-state index contributed by atoms with van der Waals surface area (Å²) in [5.41, 5.74) is 0.439. The third kappa shape index (κ3) is 2.72. The van der Waals surface area contributed by atoms with E-state index in [1.807, 2.05) is 0 Å². The molecule has 3 aliphatic rings. The van der Waals surface area contributed by atoms with Crippen LogP contribution < -0.4 is 5.32 Å². The third-order valence-corrected chi connectivity index (χ3v) is 8.60. The van der Waals surface area contributed by atoms with Crippen molar-refractivity contribution in [2.45, 2.75) is 58.9 Å². The Morgan fingerprint density at radius 1 is 1.22 bits per heavy atom. The second-order valence-corrected chi connectivity index (χ2v) is 10.6. The summed E-state index contributed by atoms with van der Waals surface area (Å²) in [5.74, 6) is 0.536. The molecule has 2 bridgehead atoms. The van der Waals surface area contributed by atoms with Crippen molar-refractivity contribution < 1.29 is 13.2 Å². The molecule has 1 heterocycles. The first kappa shape index (κ1) is 17.2. The first-order valence-electron chi connectivity index (χ1n) is 8.81. The molecular weight excluding hydrogens is 312 g/mol. The zero-order valence-corrected chi connectivity index (χ0v) is 15.6. The molecule has 2 aliphatic carbocycles. The van der Waals surface area contributed by atoms with Crippen molar-refractivity contribution in [3.05, 3.63) is 0 Å². The molecule has 3 rings (SSSR count). The van der Waals surface area contributed by atoms with Crippen LogP contribution >= 0.6 is 0 Å². The topological polar surface area (TPSA) is 66.5 Å². The van der Waals surface area contributed by atoms with Gasteiger partial charge in [0.1, 0.15) is 0 Å². The largest absolute Gasteiger partial charge is 0.353 e. The van der Waals surface area contributed by atoms with Gasteiger partial charge in [0.25, 0.3) is 0 Å². The first-order chi connectivity index (χ1) is 10.6. The minimum absolute atomic E-state index is 0.0490. The predicted octanol–water partition coefficient (Wildman–Crippen LogP) is 1.99. The number of rotatable bonds is 3. The van der Waals surface area contributed by atoms with Crippen molar-refractivity contribution >= 4 is 15.9 Å². The molecule has 132 valence electrons. The maximum absolute atomic E-state index is 12.7. The molecule has 0 aromatic heterocycles. The number of hydrogen-bond acceptors (Lipinski definition) is 3. The highest BCUT2D eigenvalue weighted by molar-refractivity contribution is 7.88. The fourth-order valence-corrected chi connectivity index (χ4v) is 6.08. The van der Waals surface area contributed by atoms with E-state index in [0.717, 1.165) is 19.3 Å². The van der Waals surface area contributed by atoms with E-state index in [1.54, 1.807) is 0 Å². The molecule has 6 heteroatoms. The average Bonchev–Trinajstić information content (AvgIpc) is 2.80. The number of nitrogens with one attached hydrogen (secondary N) is 1. The molecular formula is C17H30N2O3S. The van der Waals surface area contributed by atoms with Crippen LogP contribution in [0.3, 0.4) is 0 Å². The fourth-order valence-electron chi connectivity index (χ4n) is 5.17. The minimum atomic E-state index is -3.21. The lowest BCUT2D eigenvalue weighted by atomic mass is 9.69. The van der Waals surface area contributed by atoms with Crippen molar-refractivity contribution in [1.29, 1.82) is 0 Å². The van der Waals surface area contributed by atoms with E-state index in [-0.39, 0.29) is 28.7 Å². The smallest absolute Gasteiger partial charge is 0.224 e. The molecule has 1 saturated heterocycles. The number of carbonyl (C=O) groups excluding carboxylic acids is 1. The maximum Gasteiger partial charge on any atom is 0.224 e. The molecule has 1 aliphatic heterocycles. The van der Waals surface area contributed by atoms with Crippen molar-refractivity contribution in [3.63, 3.8) is 0 Å². The Kier molecular flexibility index (Phi) is 4.08. The zero-order chi connectivity index (χ0) is 17.0. The molecule has 1 N–H and O–H groups in total. The summed E-state index contributed by atoms with van der Waals surface area (Å²) in [7, 11) is -3.21. The summed E-state index contributed by atoms with van der Waals surface area (Å²) >= 11 is 0. The van der Waals surface area contributed by atoms with Crippen LogP contribution in [0.4, 0.5) is 0 Å². The number of amides is 1. The maximum atomic E-state index is 12.7. The highest BCUT2D eigenvalue weighted by Crippen LogP contribution is 2.65. The van der Waals surface area contributed by atoms with E-state index < -0.39 is 10.0 Å². The quantitative estimate of drug-likeness (QED) is 0.853. The molecule has 3 fully saturated rings. The van der Waals surface area contributed by atoms with Gasteiger partial charge in [-0.15, -0.1) is 0 Å². The van der Waals surface area contributed by atoms with Gasteiger partial charge in [-0.2, -0.15) is 0 Å². The molecule has 5 nitrogen and oxygen atoms in total. The van der Waals surface area contributed by atoms with Crippen LogP contribution in [0.25, 0.3) is 0 Å². The Hall–Kier alpha value is -0.620. The van der Waals surface area contributed by atoms with E-state index in [4.69, 9.17) is 0 Å². The number of piperidine rings is 1. The summed E-state index contributed by atoms with van der Waals surface area (Å²) in [6, 6.07) is 0.234. The highest BCUT2D eigenvalue weighted by atomic mass is 32.2. The highest BCUT2D eigenvalue weighted by Gasteiger charge is 2.61. The summed E-state index contributed by atoms with van der Waals surface area (Å²) < 4.78 is 24.9. The van der Waals surface area contributed by atoms with Gasteiger partial charge in [0.2, 0.25) is 15.9 Å². The summed E-state index contributed by atoms with van der Waals surface area (Å²) in [6.45, 7) is 7.86. The molecule has 4 unspecified atom stereocenters. The number of fused-ring (bicyclic) bond motifs is 2. The molecule has 0 radical (unpaired) electrons. The van der Waals surface area contributed by atoms with Crippen LogP contribution in [0.2, 0.25) is 0 Å². The van der Waals surface area contributed by atoms with Crippen LogP contribution in [0, 0.1) is 22.7 Å². The van der Waals surface area contributed by atoms with E-state index >= 15 is 0 Å². The lowest BCUT2D eigenvalue weighted by Gasteiger charge is -2.40. The fraction of sp³-hybridized carbons (Fsp3) is 0.941. The summed E-state index contributed by atoms with van der Waals surface area (Å²) in [6.07, 6.45) is 6.29. The van der Waals surface area contributed by atoms with Crippen LogP contribution in [0.5, 0.6) is 0 Å². The van der Waals surface area contributed by atoms with Crippen LogP contribution in [0.1, 0.15) is 52.9 Å². The van der Waals surface area contributed by atoms with Crippen LogP contribution in [-0.4, -0.2) is 44.0 Å². The lowest BCUT2D eigenvalue weighted by molar-refractivity contribution is -0.127.